The number of carboxylic acid groups (broad SMARTS) is 1. The minimum Gasteiger partial charge on any atom is -0.477 e. The summed E-state index contributed by atoms with van der Waals surface area (Å²) in [6.07, 6.45) is 9.45. The quantitative estimate of drug-likeness (QED) is 0.224. The van der Waals surface area contributed by atoms with Crippen LogP contribution in [-0.2, 0) is 13.0 Å². The molecule has 5 aromatic carbocycles. The number of nitrogens with two attached hydrogens (primary N) is 1. The van der Waals surface area contributed by atoms with Crippen molar-refractivity contribution in [1.82, 2.24) is 0 Å². The second-order valence-electron chi connectivity index (χ2n) is 11.0. The van der Waals surface area contributed by atoms with E-state index in [2.05, 4.69) is 66.7 Å². The number of carbonyl (C=O) groups is 1. The summed E-state index contributed by atoms with van der Waals surface area (Å²) in [5, 5.41) is 15.0. The zero-order valence-corrected chi connectivity index (χ0v) is 24.1. The van der Waals surface area contributed by atoms with Gasteiger partial charge in [0.15, 0.2) is 0 Å². The Morgan fingerprint density at radius 2 is 1.55 bits per heavy atom. The van der Waals surface area contributed by atoms with E-state index in [1.807, 2.05) is 36.4 Å². The second kappa shape index (κ2) is 11.1. The van der Waals surface area contributed by atoms with Gasteiger partial charge in [0.05, 0.1) is 0 Å². The van der Waals surface area contributed by atoms with Crippen LogP contribution < -0.4 is 5.73 Å². The number of thiophene rings is 1. The molecule has 3 N–H and O–H groups in total. The Kier molecular flexibility index (Phi) is 6.94. The van der Waals surface area contributed by atoms with Crippen molar-refractivity contribution in [2.75, 3.05) is 0 Å². The van der Waals surface area contributed by atoms with Crippen LogP contribution in [0.1, 0.15) is 45.6 Å². The third kappa shape index (κ3) is 4.83. The third-order valence-electron chi connectivity index (χ3n) is 8.52. The number of fused-ring (bicyclic) bond motifs is 6. The van der Waals surface area contributed by atoms with E-state index in [9.17, 15) is 4.79 Å². The highest BCUT2D eigenvalue weighted by Crippen LogP contribution is 2.41. The summed E-state index contributed by atoms with van der Waals surface area (Å²) in [4.78, 5) is 11.3. The van der Waals surface area contributed by atoms with Gasteiger partial charge in [-0.05, 0) is 110 Å². The van der Waals surface area contributed by atoms with Crippen LogP contribution >= 0.6 is 11.3 Å². The first-order valence-corrected chi connectivity index (χ1v) is 15.3. The number of benzene rings is 5. The molecule has 0 spiro atoms. The van der Waals surface area contributed by atoms with Crippen molar-refractivity contribution in [3.8, 4) is 11.1 Å². The summed E-state index contributed by atoms with van der Waals surface area (Å²) in [5.74, 6) is -0.856. The molecule has 3 nitrogen and oxygen atoms in total. The lowest BCUT2D eigenvalue weighted by atomic mass is 9.79. The Hall–Kier alpha value is -4.51. The minimum absolute atomic E-state index is 0.394. The van der Waals surface area contributed by atoms with E-state index in [1.54, 1.807) is 11.6 Å². The van der Waals surface area contributed by atoms with Crippen LogP contribution in [0, 0.1) is 0 Å². The number of aromatic carboxylic acids is 1. The van der Waals surface area contributed by atoms with Gasteiger partial charge in [-0.1, -0.05) is 90.5 Å². The maximum Gasteiger partial charge on any atom is 0.345 e. The summed E-state index contributed by atoms with van der Waals surface area (Å²) in [6.45, 7) is 0.572. The normalized spacial score (nSPS) is 14.0. The second-order valence-corrected chi connectivity index (χ2v) is 12.1. The van der Waals surface area contributed by atoms with Crippen LogP contribution in [0.2, 0.25) is 0 Å². The first-order valence-electron chi connectivity index (χ1n) is 14.5. The van der Waals surface area contributed by atoms with Crippen molar-refractivity contribution < 1.29 is 9.90 Å². The number of aryl methyl sites for hydroxylation is 1. The average Bonchev–Trinajstić information content (AvgIpc) is 3.47. The van der Waals surface area contributed by atoms with Gasteiger partial charge in [-0.15, -0.1) is 11.3 Å². The van der Waals surface area contributed by atoms with Crippen molar-refractivity contribution in [3.05, 3.63) is 136 Å². The van der Waals surface area contributed by atoms with Crippen LogP contribution in [-0.4, -0.2) is 11.1 Å². The lowest BCUT2D eigenvalue weighted by Gasteiger charge is -2.25. The molecule has 0 aliphatic heterocycles. The number of allylic oxidation sites excluding steroid dienone is 4. The first-order chi connectivity index (χ1) is 20.6. The topological polar surface area (TPSA) is 63.3 Å². The molecule has 42 heavy (non-hydrogen) atoms. The molecule has 6 aromatic rings. The fraction of sp³-hybridized carbons (Fsp3) is 0.132. The number of carboxylic acids is 1. The van der Waals surface area contributed by atoms with Gasteiger partial charge in [-0.2, -0.15) is 0 Å². The summed E-state index contributed by atoms with van der Waals surface area (Å²) in [6, 6.07) is 33.8. The molecule has 2 aliphatic carbocycles. The molecule has 8 rings (SSSR count). The van der Waals surface area contributed by atoms with Crippen LogP contribution in [0.4, 0.5) is 0 Å². The Morgan fingerprint density at radius 1 is 0.762 bits per heavy atom. The van der Waals surface area contributed by atoms with E-state index in [0.29, 0.717) is 11.4 Å². The Labute approximate surface area is 249 Å². The zero-order valence-electron chi connectivity index (χ0n) is 23.3. The van der Waals surface area contributed by atoms with Crippen LogP contribution in [0.25, 0.3) is 48.3 Å². The summed E-state index contributed by atoms with van der Waals surface area (Å²) < 4.78 is 1.02. The van der Waals surface area contributed by atoms with Crippen LogP contribution in [0.15, 0.2) is 115 Å². The molecule has 1 aromatic heterocycles. The van der Waals surface area contributed by atoms with Gasteiger partial charge >= 0.3 is 5.97 Å². The fourth-order valence-corrected chi connectivity index (χ4v) is 7.34. The van der Waals surface area contributed by atoms with E-state index in [0.717, 1.165) is 27.3 Å². The SMILES string of the molecule is NCc1ccccc1-c1ccc2ccc3c(c2c1)CCC1=C3C=CCC1.O=C(O)c1cc2cc3ccccc3cc2s1. The zero-order chi connectivity index (χ0) is 28.6. The minimum atomic E-state index is -0.856. The number of hydrogen-bond donors (Lipinski definition) is 2. The molecule has 0 saturated heterocycles. The molecule has 0 bridgehead atoms. The lowest BCUT2D eigenvalue weighted by Crippen LogP contribution is -2.07. The molecular formula is C38H31NO2S. The maximum atomic E-state index is 10.9. The lowest BCUT2D eigenvalue weighted by molar-refractivity contribution is 0.0702. The summed E-state index contributed by atoms with van der Waals surface area (Å²) in [5.41, 5.74) is 15.8. The van der Waals surface area contributed by atoms with Crippen molar-refractivity contribution in [3.63, 3.8) is 0 Å². The van der Waals surface area contributed by atoms with E-state index in [1.165, 1.54) is 74.8 Å². The molecule has 0 atom stereocenters. The number of rotatable bonds is 3. The van der Waals surface area contributed by atoms with Gasteiger partial charge in [0.25, 0.3) is 0 Å². The molecule has 0 radical (unpaired) electrons. The predicted octanol–water partition coefficient (Wildman–Crippen LogP) is 9.77. The monoisotopic (exact) mass is 565 g/mol. The van der Waals surface area contributed by atoms with Gasteiger partial charge in [0, 0.05) is 11.2 Å². The Balaban J connectivity index is 0.000000154. The van der Waals surface area contributed by atoms with Crippen LogP contribution in [0.3, 0.4) is 0 Å². The molecule has 0 fully saturated rings. The average molecular weight is 566 g/mol. The van der Waals surface area contributed by atoms with Gasteiger partial charge in [0.2, 0.25) is 0 Å². The predicted molar refractivity (Wildman–Crippen MR) is 177 cm³/mol. The number of hydrogen-bond acceptors (Lipinski definition) is 3. The highest BCUT2D eigenvalue weighted by Gasteiger charge is 2.21. The molecule has 4 heteroatoms. The van der Waals surface area contributed by atoms with Crippen molar-refractivity contribution >= 4 is 54.5 Å². The molecule has 0 amide bonds. The van der Waals surface area contributed by atoms with Crippen LogP contribution in [0.5, 0.6) is 0 Å². The van der Waals surface area contributed by atoms with Gasteiger partial charge < -0.3 is 10.8 Å². The fourth-order valence-electron chi connectivity index (χ4n) is 6.41. The summed E-state index contributed by atoms with van der Waals surface area (Å²) in [7, 11) is 0. The van der Waals surface area contributed by atoms with E-state index >= 15 is 0 Å². The van der Waals surface area contributed by atoms with E-state index in [4.69, 9.17) is 10.8 Å². The smallest absolute Gasteiger partial charge is 0.345 e. The van der Waals surface area contributed by atoms with Crippen molar-refractivity contribution in [1.29, 1.82) is 0 Å². The highest BCUT2D eigenvalue weighted by atomic mass is 32.1. The standard InChI is InChI=1S/C25H23N.C13H8O2S/c26-16-20-6-2-3-7-21(20)19-10-9-18-12-13-23-22-8-4-1-5-17(22)11-14-24(23)25(18)15-19;14-13(15)12-7-10-5-8-3-1-2-4-9(8)6-11(10)16-12/h2-4,6-10,12-13,15H,1,5,11,14,16,26H2;1-7H,(H,14,15). The highest BCUT2D eigenvalue weighted by molar-refractivity contribution is 7.20. The first kappa shape index (κ1) is 26.4. The molecule has 0 saturated carbocycles. The van der Waals surface area contributed by atoms with Crippen molar-refractivity contribution in [2.24, 2.45) is 5.73 Å². The van der Waals surface area contributed by atoms with Gasteiger partial charge in [-0.25, -0.2) is 4.79 Å². The van der Waals surface area contributed by atoms with E-state index in [-0.39, 0.29) is 0 Å². The Bertz CT molecular complexity index is 2010. The maximum absolute atomic E-state index is 10.9. The molecule has 1 heterocycles. The van der Waals surface area contributed by atoms with Crippen molar-refractivity contribution in [2.45, 2.75) is 32.2 Å². The molecule has 0 unspecified atom stereocenters. The van der Waals surface area contributed by atoms with Gasteiger partial charge in [0.1, 0.15) is 4.88 Å². The largest absolute Gasteiger partial charge is 0.477 e. The molecular weight excluding hydrogens is 534 g/mol. The van der Waals surface area contributed by atoms with E-state index < -0.39 is 5.97 Å². The third-order valence-corrected chi connectivity index (χ3v) is 9.61. The molecule has 2 aliphatic rings. The Morgan fingerprint density at radius 3 is 2.38 bits per heavy atom. The summed E-state index contributed by atoms with van der Waals surface area (Å²) >= 11 is 1.32. The van der Waals surface area contributed by atoms with Gasteiger partial charge in [-0.3, -0.25) is 0 Å². The molecule has 206 valence electrons.